The van der Waals surface area contributed by atoms with Crippen LogP contribution in [0.2, 0.25) is 0 Å². The van der Waals surface area contributed by atoms with Crippen LogP contribution in [0.3, 0.4) is 0 Å². The summed E-state index contributed by atoms with van der Waals surface area (Å²) in [4.78, 5) is 28.8. The fraction of sp³-hybridized carbons (Fsp3) is 0.600. The molecular formula is C20H29N3O3. The first-order valence-corrected chi connectivity index (χ1v) is 9.64. The number of hydrogen-bond donors (Lipinski definition) is 1. The van der Waals surface area contributed by atoms with Crippen molar-refractivity contribution >= 4 is 17.5 Å². The van der Waals surface area contributed by atoms with E-state index in [0.717, 1.165) is 51.4 Å². The Morgan fingerprint density at radius 1 is 1.23 bits per heavy atom. The lowest BCUT2D eigenvalue weighted by Crippen LogP contribution is -2.39. The molecule has 2 fully saturated rings. The second kappa shape index (κ2) is 9.14. The molecule has 1 unspecified atom stereocenters. The predicted molar refractivity (Wildman–Crippen MR) is 101 cm³/mol. The summed E-state index contributed by atoms with van der Waals surface area (Å²) in [6.45, 7) is 7.75. The maximum atomic E-state index is 12.4. The fourth-order valence-electron chi connectivity index (χ4n) is 3.53. The van der Waals surface area contributed by atoms with Crippen LogP contribution in [-0.2, 0) is 20.7 Å². The Kier molecular flexibility index (Phi) is 6.63. The Morgan fingerprint density at radius 3 is 2.65 bits per heavy atom. The van der Waals surface area contributed by atoms with Gasteiger partial charge in [-0.2, -0.15) is 0 Å². The summed E-state index contributed by atoms with van der Waals surface area (Å²) in [6.07, 6.45) is 2.20. The minimum absolute atomic E-state index is 0.00648. The van der Waals surface area contributed by atoms with Gasteiger partial charge in [-0.1, -0.05) is 19.1 Å². The number of nitrogens with one attached hydrogen (secondary N) is 1. The molecule has 0 aromatic heterocycles. The Balaban J connectivity index is 1.42. The molecule has 3 rings (SSSR count). The summed E-state index contributed by atoms with van der Waals surface area (Å²) < 4.78 is 5.33. The van der Waals surface area contributed by atoms with E-state index in [1.807, 2.05) is 24.3 Å². The number of ether oxygens (including phenoxy) is 1. The van der Waals surface area contributed by atoms with E-state index in [0.29, 0.717) is 19.5 Å². The largest absolute Gasteiger partial charge is 0.379 e. The molecule has 1 N–H and O–H groups in total. The van der Waals surface area contributed by atoms with Gasteiger partial charge in [-0.15, -0.1) is 0 Å². The third-order valence-corrected chi connectivity index (χ3v) is 5.21. The van der Waals surface area contributed by atoms with Gasteiger partial charge in [-0.3, -0.25) is 14.5 Å². The molecule has 6 heteroatoms. The number of anilines is 1. The van der Waals surface area contributed by atoms with Gasteiger partial charge in [0.2, 0.25) is 11.8 Å². The number of carbonyl (C=O) groups is 2. The molecule has 142 valence electrons. The number of nitrogens with zero attached hydrogens (tertiary/aromatic N) is 2. The van der Waals surface area contributed by atoms with Crippen LogP contribution in [0.1, 0.15) is 25.3 Å². The second-order valence-electron chi connectivity index (χ2n) is 7.02. The first-order chi connectivity index (χ1) is 12.7. The lowest BCUT2D eigenvalue weighted by atomic mass is 10.1. The zero-order valence-corrected chi connectivity index (χ0v) is 15.6. The second-order valence-corrected chi connectivity index (χ2v) is 7.02. The number of hydrogen-bond acceptors (Lipinski definition) is 4. The normalized spacial score (nSPS) is 21.2. The fourth-order valence-corrected chi connectivity index (χ4v) is 3.53. The molecule has 2 aliphatic rings. The number of rotatable bonds is 7. The van der Waals surface area contributed by atoms with Gasteiger partial charge in [-0.05, 0) is 37.1 Å². The SMILES string of the molecule is CCc1ccc(N2CC(C(=O)NCCCN3CCOCC3)CC2=O)cc1. The van der Waals surface area contributed by atoms with Crippen molar-refractivity contribution in [3.8, 4) is 0 Å². The molecule has 1 atom stereocenters. The number of morpholine rings is 1. The highest BCUT2D eigenvalue weighted by molar-refractivity contribution is 6.00. The number of aryl methyl sites for hydroxylation is 1. The van der Waals surface area contributed by atoms with Crippen molar-refractivity contribution in [3.63, 3.8) is 0 Å². The third kappa shape index (κ3) is 4.83. The highest BCUT2D eigenvalue weighted by Crippen LogP contribution is 2.25. The number of benzene rings is 1. The van der Waals surface area contributed by atoms with Crippen molar-refractivity contribution in [2.45, 2.75) is 26.2 Å². The van der Waals surface area contributed by atoms with Crippen LogP contribution in [0.15, 0.2) is 24.3 Å². The van der Waals surface area contributed by atoms with Crippen LogP contribution in [0.4, 0.5) is 5.69 Å². The van der Waals surface area contributed by atoms with Crippen molar-refractivity contribution < 1.29 is 14.3 Å². The van der Waals surface area contributed by atoms with Gasteiger partial charge in [-0.25, -0.2) is 0 Å². The highest BCUT2D eigenvalue weighted by Gasteiger charge is 2.34. The molecule has 1 aromatic carbocycles. The van der Waals surface area contributed by atoms with Gasteiger partial charge in [0.15, 0.2) is 0 Å². The Hall–Kier alpha value is -1.92. The maximum absolute atomic E-state index is 12.4. The molecule has 0 bridgehead atoms. The van der Waals surface area contributed by atoms with E-state index in [9.17, 15) is 9.59 Å². The van der Waals surface area contributed by atoms with E-state index in [4.69, 9.17) is 4.74 Å². The minimum Gasteiger partial charge on any atom is -0.379 e. The van der Waals surface area contributed by atoms with Crippen LogP contribution < -0.4 is 10.2 Å². The highest BCUT2D eigenvalue weighted by atomic mass is 16.5. The molecule has 1 aromatic rings. The average Bonchev–Trinajstić information content (AvgIpc) is 3.08. The predicted octanol–water partition coefficient (Wildman–Crippen LogP) is 1.44. The summed E-state index contributed by atoms with van der Waals surface area (Å²) >= 11 is 0. The molecule has 0 saturated carbocycles. The molecular weight excluding hydrogens is 330 g/mol. The first kappa shape index (κ1) is 18.9. The molecule has 26 heavy (non-hydrogen) atoms. The summed E-state index contributed by atoms with van der Waals surface area (Å²) in [5, 5.41) is 3.00. The molecule has 0 radical (unpaired) electrons. The summed E-state index contributed by atoms with van der Waals surface area (Å²) in [5.41, 5.74) is 2.13. The lowest BCUT2D eigenvalue weighted by Gasteiger charge is -2.26. The van der Waals surface area contributed by atoms with E-state index in [1.54, 1.807) is 4.90 Å². The summed E-state index contributed by atoms with van der Waals surface area (Å²) in [7, 11) is 0. The quantitative estimate of drug-likeness (QED) is 0.749. The average molecular weight is 359 g/mol. The molecule has 2 amide bonds. The van der Waals surface area contributed by atoms with E-state index < -0.39 is 0 Å². The van der Waals surface area contributed by atoms with Gasteiger partial charge in [0, 0.05) is 38.3 Å². The zero-order chi connectivity index (χ0) is 18.4. The van der Waals surface area contributed by atoms with E-state index in [2.05, 4.69) is 17.1 Å². The van der Waals surface area contributed by atoms with Crippen molar-refractivity contribution in [2.75, 3.05) is 50.8 Å². The molecule has 2 saturated heterocycles. The van der Waals surface area contributed by atoms with Gasteiger partial charge < -0.3 is 15.0 Å². The Labute approximate surface area is 155 Å². The standard InChI is InChI=1S/C20H29N3O3/c1-2-16-4-6-18(7-5-16)23-15-17(14-19(23)24)20(25)21-8-3-9-22-10-12-26-13-11-22/h4-7,17H,2-3,8-15H2,1H3,(H,21,25). The molecule has 2 heterocycles. The molecule has 0 aliphatic carbocycles. The van der Waals surface area contributed by atoms with Crippen LogP contribution in [0, 0.1) is 5.92 Å². The van der Waals surface area contributed by atoms with Crippen LogP contribution in [0.25, 0.3) is 0 Å². The Morgan fingerprint density at radius 2 is 1.96 bits per heavy atom. The van der Waals surface area contributed by atoms with Gasteiger partial charge in [0.25, 0.3) is 0 Å². The van der Waals surface area contributed by atoms with Gasteiger partial charge in [0.1, 0.15) is 0 Å². The third-order valence-electron chi connectivity index (χ3n) is 5.21. The zero-order valence-electron chi connectivity index (χ0n) is 15.6. The van der Waals surface area contributed by atoms with Gasteiger partial charge in [0.05, 0.1) is 19.1 Å². The smallest absolute Gasteiger partial charge is 0.227 e. The minimum atomic E-state index is -0.253. The number of carbonyl (C=O) groups excluding carboxylic acids is 2. The van der Waals surface area contributed by atoms with Crippen molar-refractivity contribution in [3.05, 3.63) is 29.8 Å². The molecule has 6 nitrogen and oxygen atoms in total. The van der Waals surface area contributed by atoms with Crippen LogP contribution >= 0.6 is 0 Å². The number of amides is 2. The van der Waals surface area contributed by atoms with E-state index in [-0.39, 0.29) is 17.7 Å². The van der Waals surface area contributed by atoms with Crippen molar-refractivity contribution in [1.82, 2.24) is 10.2 Å². The monoisotopic (exact) mass is 359 g/mol. The lowest BCUT2D eigenvalue weighted by molar-refractivity contribution is -0.126. The summed E-state index contributed by atoms with van der Waals surface area (Å²) in [5.74, 6) is -0.229. The topological polar surface area (TPSA) is 61.9 Å². The van der Waals surface area contributed by atoms with E-state index >= 15 is 0 Å². The van der Waals surface area contributed by atoms with Crippen LogP contribution in [0.5, 0.6) is 0 Å². The molecule has 2 aliphatic heterocycles. The van der Waals surface area contributed by atoms with Crippen LogP contribution in [-0.4, -0.2) is 62.7 Å². The van der Waals surface area contributed by atoms with Gasteiger partial charge >= 0.3 is 0 Å². The first-order valence-electron chi connectivity index (χ1n) is 9.64. The maximum Gasteiger partial charge on any atom is 0.227 e. The molecule has 0 spiro atoms. The van der Waals surface area contributed by atoms with Crippen molar-refractivity contribution in [1.29, 1.82) is 0 Å². The van der Waals surface area contributed by atoms with E-state index in [1.165, 1.54) is 5.56 Å². The summed E-state index contributed by atoms with van der Waals surface area (Å²) in [6, 6.07) is 8.03. The van der Waals surface area contributed by atoms with Crippen molar-refractivity contribution in [2.24, 2.45) is 5.92 Å². The Bertz CT molecular complexity index is 611.